The van der Waals surface area contributed by atoms with Crippen molar-refractivity contribution in [2.24, 2.45) is 0 Å². The number of nitrogens with one attached hydrogen (secondary N) is 1. The number of hydrogen-bond donors (Lipinski definition) is 1. The van der Waals surface area contributed by atoms with Crippen LogP contribution in [0.1, 0.15) is 28.2 Å². The monoisotopic (exact) mass is 411 g/mol. The maximum Gasteiger partial charge on any atom is 0.174 e. The predicted molar refractivity (Wildman–Crippen MR) is 122 cm³/mol. The van der Waals surface area contributed by atoms with E-state index >= 15 is 0 Å². The van der Waals surface area contributed by atoms with Gasteiger partial charge in [-0.25, -0.2) is 9.97 Å². The van der Waals surface area contributed by atoms with Gasteiger partial charge in [0.25, 0.3) is 0 Å². The average molecular weight is 412 g/mol. The van der Waals surface area contributed by atoms with Gasteiger partial charge in [0.05, 0.1) is 36.5 Å². The summed E-state index contributed by atoms with van der Waals surface area (Å²) in [5.74, 6) is 0.610. The first-order valence-electron chi connectivity index (χ1n) is 10.6. The molecule has 6 nitrogen and oxygen atoms in total. The Balaban J connectivity index is 1.30. The minimum Gasteiger partial charge on any atom is -0.378 e. The summed E-state index contributed by atoms with van der Waals surface area (Å²) in [6.07, 6.45) is 8.77. The summed E-state index contributed by atoms with van der Waals surface area (Å²) in [5, 5.41) is 3.30. The van der Waals surface area contributed by atoms with Gasteiger partial charge in [0.15, 0.2) is 5.82 Å². The van der Waals surface area contributed by atoms with Crippen molar-refractivity contribution >= 4 is 17.0 Å². The van der Waals surface area contributed by atoms with E-state index in [1.165, 1.54) is 11.1 Å². The van der Waals surface area contributed by atoms with Crippen molar-refractivity contribution in [3.63, 3.8) is 0 Å². The molecule has 156 valence electrons. The van der Waals surface area contributed by atoms with Crippen molar-refractivity contribution < 1.29 is 4.74 Å². The van der Waals surface area contributed by atoms with E-state index in [1.54, 1.807) is 0 Å². The van der Waals surface area contributed by atoms with Crippen molar-refractivity contribution in [2.75, 3.05) is 31.2 Å². The molecule has 1 fully saturated rings. The zero-order valence-electron chi connectivity index (χ0n) is 17.4. The van der Waals surface area contributed by atoms with Crippen LogP contribution in [0.3, 0.4) is 0 Å². The van der Waals surface area contributed by atoms with Crippen LogP contribution < -0.4 is 10.2 Å². The molecule has 3 aromatic rings. The van der Waals surface area contributed by atoms with Crippen molar-refractivity contribution in [3.8, 4) is 0 Å². The van der Waals surface area contributed by atoms with Crippen LogP contribution in [0.25, 0.3) is 11.3 Å². The number of nitrogens with zero attached hydrogens (tertiary/aromatic N) is 4. The Labute approximate surface area is 182 Å². The molecule has 0 atom stereocenters. The van der Waals surface area contributed by atoms with E-state index in [4.69, 9.17) is 9.72 Å². The summed E-state index contributed by atoms with van der Waals surface area (Å²) in [5.41, 5.74) is 7.47. The van der Waals surface area contributed by atoms with Gasteiger partial charge in [0, 0.05) is 49.6 Å². The first-order valence-corrected chi connectivity index (χ1v) is 10.6. The molecule has 2 aromatic heterocycles. The number of anilines is 1. The van der Waals surface area contributed by atoms with Gasteiger partial charge in [-0.1, -0.05) is 43.0 Å². The third kappa shape index (κ3) is 4.20. The first-order chi connectivity index (χ1) is 15.3. The van der Waals surface area contributed by atoms with Crippen molar-refractivity contribution in [3.05, 3.63) is 95.9 Å². The van der Waals surface area contributed by atoms with Gasteiger partial charge in [-0.15, -0.1) is 0 Å². The largest absolute Gasteiger partial charge is 0.378 e. The van der Waals surface area contributed by atoms with Crippen LogP contribution in [0.4, 0.5) is 5.69 Å². The molecule has 1 aliphatic carbocycles. The van der Waals surface area contributed by atoms with Gasteiger partial charge in [-0.05, 0) is 17.2 Å². The normalized spacial score (nSPS) is 15.4. The third-order valence-corrected chi connectivity index (χ3v) is 5.70. The van der Waals surface area contributed by atoms with Crippen molar-refractivity contribution in [1.29, 1.82) is 0 Å². The van der Waals surface area contributed by atoms with E-state index in [2.05, 4.69) is 51.0 Å². The number of pyridine rings is 1. The van der Waals surface area contributed by atoms with E-state index in [0.29, 0.717) is 18.1 Å². The van der Waals surface area contributed by atoms with Crippen LogP contribution >= 0.6 is 0 Å². The Bertz CT molecular complexity index is 1100. The third-order valence-electron chi connectivity index (χ3n) is 5.70. The minimum absolute atomic E-state index is 0.610. The van der Waals surface area contributed by atoms with E-state index < -0.39 is 0 Å². The van der Waals surface area contributed by atoms with Gasteiger partial charge >= 0.3 is 0 Å². The summed E-state index contributed by atoms with van der Waals surface area (Å²) < 4.78 is 5.47. The molecule has 3 heterocycles. The fraction of sp³-hybridized carbons (Fsp3) is 0.240. The number of rotatable bonds is 6. The molecule has 0 saturated carbocycles. The van der Waals surface area contributed by atoms with Gasteiger partial charge in [0.1, 0.15) is 0 Å². The lowest BCUT2D eigenvalue weighted by molar-refractivity contribution is 0.122. The molecular weight excluding hydrogens is 386 g/mol. The molecule has 0 bridgehead atoms. The smallest absolute Gasteiger partial charge is 0.174 e. The number of allylic oxidation sites excluding steroid dienone is 1. The van der Waals surface area contributed by atoms with Crippen molar-refractivity contribution in [1.82, 2.24) is 20.3 Å². The number of aromatic nitrogens is 3. The Morgan fingerprint density at radius 2 is 1.81 bits per heavy atom. The quantitative estimate of drug-likeness (QED) is 0.670. The lowest BCUT2D eigenvalue weighted by Gasteiger charge is -2.29. The molecule has 0 unspecified atom stereocenters. The molecule has 31 heavy (non-hydrogen) atoms. The number of fused-ring (bicyclic) bond motifs is 1. The van der Waals surface area contributed by atoms with E-state index in [1.807, 2.05) is 36.8 Å². The molecule has 6 heteroatoms. The number of benzene rings is 1. The molecule has 5 rings (SSSR count). The fourth-order valence-electron chi connectivity index (χ4n) is 3.96. The molecule has 1 aliphatic heterocycles. The topological polar surface area (TPSA) is 63.2 Å². The van der Waals surface area contributed by atoms with Gasteiger partial charge in [0.2, 0.25) is 0 Å². The van der Waals surface area contributed by atoms with E-state index in [-0.39, 0.29) is 0 Å². The van der Waals surface area contributed by atoms with Crippen LogP contribution in [0.5, 0.6) is 0 Å². The zero-order valence-corrected chi connectivity index (χ0v) is 17.4. The van der Waals surface area contributed by atoms with Crippen LogP contribution in [0.15, 0.2) is 67.6 Å². The Hall–Kier alpha value is -3.51. The zero-order chi connectivity index (χ0) is 21.0. The summed E-state index contributed by atoms with van der Waals surface area (Å²) in [7, 11) is 0. The van der Waals surface area contributed by atoms with Crippen LogP contribution in [-0.2, 0) is 17.7 Å². The van der Waals surface area contributed by atoms with Gasteiger partial charge in [-0.2, -0.15) is 0 Å². The SMILES string of the molecule is C=C(NCc1ccccc1)c1ncc(C2=CCc3ncc(N4CCOCC4)cc32)cn1. The molecule has 2 aliphatic rings. The van der Waals surface area contributed by atoms with E-state index in [9.17, 15) is 0 Å². The Kier molecular flexibility index (Phi) is 5.46. The lowest BCUT2D eigenvalue weighted by atomic mass is 10.0. The second-order valence-corrected chi connectivity index (χ2v) is 7.72. The van der Waals surface area contributed by atoms with Crippen molar-refractivity contribution in [2.45, 2.75) is 13.0 Å². The minimum atomic E-state index is 0.610. The van der Waals surface area contributed by atoms with Crippen LogP contribution in [-0.4, -0.2) is 41.3 Å². The highest BCUT2D eigenvalue weighted by atomic mass is 16.5. The lowest BCUT2D eigenvalue weighted by Crippen LogP contribution is -2.36. The summed E-state index contributed by atoms with van der Waals surface area (Å²) in [6.45, 7) is 8.10. The second kappa shape index (κ2) is 8.70. The summed E-state index contributed by atoms with van der Waals surface area (Å²) >= 11 is 0. The average Bonchev–Trinajstić information content (AvgIpc) is 3.27. The number of hydrogen-bond acceptors (Lipinski definition) is 6. The first kappa shape index (κ1) is 19.5. The maximum absolute atomic E-state index is 5.47. The van der Waals surface area contributed by atoms with Gasteiger partial charge in [-0.3, -0.25) is 4.98 Å². The fourth-order valence-corrected chi connectivity index (χ4v) is 3.96. The molecule has 0 spiro atoms. The standard InChI is InChI=1S/C25H25N5O/c1-18(26-14-19-5-3-2-4-6-19)25-28-15-20(16-29-25)22-7-8-24-23(22)13-21(17-27-24)30-9-11-31-12-10-30/h2-7,13,15-17,26H,1,8-12,14H2. The highest BCUT2D eigenvalue weighted by Crippen LogP contribution is 2.33. The second-order valence-electron chi connectivity index (χ2n) is 7.72. The summed E-state index contributed by atoms with van der Waals surface area (Å²) in [4.78, 5) is 16.2. The van der Waals surface area contributed by atoms with Crippen LogP contribution in [0.2, 0.25) is 0 Å². The highest BCUT2D eigenvalue weighted by molar-refractivity contribution is 5.84. The molecule has 1 N–H and O–H groups in total. The highest BCUT2D eigenvalue weighted by Gasteiger charge is 2.20. The Morgan fingerprint density at radius 1 is 1.03 bits per heavy atom. The number of ether oxygens (including phenoxy) is 1. The molecular formula is C25H25N5O. The predicted octanol–water partition coefficient (Wildman–Crippen LogP) is 3.46. The maximum atomic E-state index is 5.47. The molecule has 1 saturated heterocycles. The number of morpholine rings is 1. The summed E-state index contributed by atoms with van der Waals surface area (Å²) in [6, 6.07) is 12.5. The van der Waals surface area contributed by atoms with Gasteiger partial charge < -0.3 is 15.0 Å². The molecule has 1 aromatic carbocycles. The van der Waals surface area contributed by atoms with Crippen LogP contribution in [0, 0.1) is 0 Å². The Morgan fingerprint density at radius 3 is 2.58 bits per heavy atom. The molecule has 0 amide bonds. The molecule has 0 radical (unpaired) electrons. The van der Waals surface area contributed by atoms with E-state index in [0.717, 1.165) is 55.2 Å².